The van der Waals surface area contributed by atoms with Crippen LogP contribution in [0.3, 0.4) is 0 Å². The summed E-state index contributed by atoms with van der Waals surface area (Å²) in [5.74, 6) is 0.599. The summed E-state index contributed by atoms with van der Waals surface area (Å²) in [6.45, 7) is 2.05. The molecule has 3 N–H and O–H groups in total. The molecule has 0 saturated carbocycles. The fourth-order valence-electron chi connectivity index (χ4n) is 1.81. The Morgan fingerprint density at radius 3 is 2.94 bits per heavy atom. The van der Waals surface area contributed by atoms with Crippen LogP contribution in [0.15, 0.2) is 30.5 Å². The van der Waals surface area contributed by atoms with E-state index in [-0.39, 0.29) is 6.10 Å². The highest BCUT2D eigenvalue weighted by Gasteiger charge is 2.07. The summed E-state index contributed by atoms with van der Waals surface area (Å²) < 4.78 is 5.27. The third-order valence-corrected chi connectivity index (χ3v) is 2.83. The predicted molar refractivity (Wildman–Crippen MR) is 68.6 cm³/mol. The summed E-state index contributed by atoms with van der Waals surface area (Å²) in [6, 6.07) is 8.27. The third-order valence-electron chi connectivity index (χ3n) is 2.83. The van der Waals surface area contributed by atoms with Crippen molar-refractivity contribution in [1.82, 2.24) is 10.2 Å². The van der Waals surface area contributed by atoms with Gasteiger partial charge in [-0.3, -0.25) is 5.10 Å². The zero-order valence-corrected chi connectivity index (χ0v) is 10.1. The maximum atomic E-state index is 5.81. The van der Waals surface area contributed by atoms with E-state index in [0.717, 1.165) is 17.5 Å². The molecule has 1 aromatic heterocycles. The van der Waals surface area contributed by atoms with Crippen molar-refractivity contribution in [3.05, 3.63) is 36.0 Å². The van der Waals surface area contributed by atoms with Crippen LogP contribution in [-0.2, 0) is 11.2 Å². The van der Waals surface area contributed by atoms with Crippen molar-refractivity contribution in [3.63, 3.8) is 0 Å². The number of rotatable bonds is 4. The molecule has 0 aliphatic heterocycles. The van der Waals surface area contributed by atoms with Gasteiger partial charge in [0.2, 0.25) is 0 Å². The topological polar surface area (TPSA) is 63.9 Å². The van der Waals surface area contributed by atoms with Gasteiger partial charge in [0.25, 0.3) is 0 Å². The number of nitrogens with zero attached hydrogens (tertiary/aromatic N) is 1. The second-order valence-electron chi connectivity index (χ2n) is 4.15. The number of methoxy groups -OCH3 is 1. The molecule has 4 heteroatoms. The van der Waals surface area contributed by atoms with Crippen molar-refractivity contribution in [2.75, 3.05) is 12.8 Å². The zero-order chi connectivity index (χ0) is 12.3. The summed E-state index contributed by atoms with van der Waals surface area (Å²) in [4.78, 5) is 0. The van der Waals surface area contributed by atoms with Crippen LogP contribution >= 0.6 is 0 Å². The van der Waals surface area contributed by atoms with Gasteiger partial charge in [-0.15, -0.1) is 0 Å². The van der Waals surface area contributed by atoms with E-state index in [1.807, 2.05) is 12.1 Å². The van der Waals surface area contributed by atoms with Gasteiger partial charge in [-0.25, -0.2) is 0 Å². The van der Waals surface area contributed by atoms with Gasteiger partial charge in [-0.05, 0) is 24.5 Å². The molecule has 1 aromatic carbocycles. The highest BCUT2D eigenvalue weighted by atomic mass is 16.5. The summed E-state index contributed by atoms with van der Waals surface area (Å²) in [7, 11) is 1.72. The molecule has 1 atom stereocenters. The average Bonchev–Trinajstić information content (AvgIpc) is 2.75. The Morgan fingerprint density at radius 2 is 2.29 bits per heavy atom. The molecule has 0 spiro atoms. The van der Waals surface area contributed by atoms with Gasteiger partial charge in [0.05, 0.1) is 12.3 Å². The smallest absolute Gasteiger partial charge is 0.126 e. The second-order valence-corrected chi connectivity index (χ2v) is 4.15. The van der Waals surface area contributed by atoms with Crippen molar-refractivity contribution in [2.45, 2.75) is 19.4 Å². The minimum atomic E-state index is 0.215. The van der Waals surface area contributed by atoms with Crippen molar-refractivity contribution < 1.29 is 4.74 Å². The van der Waals surface area contributed by atoms with Gasteiger partial charge in [0, 0.05) is 12.7 Å². The molecule has 0 bridgehead atoms. The molecule has 1 heterocycles. The van der Waals surface area contributed by atoms with Gasteiger partial charge < -0.3 is 10.5 Å². The number of ether oxygens (including phenoxy) is 1. The van der Waals surface area contributed by atoms with Crippen LogP contribution in [0.25, 0.3) is 11.1 Å². The second kappa shape index (κ2) is 5.01. The number of aromatic nitrogens is 2. The average molecular weight is 231 g/mol. The number of H-pyrrole nitrogens is 1. The van der Waals surface area contributed by atoms with Crippen molar-refractivity contribution in [2.24, 2.45) is 0 Å². The first-order valence-corrected chi connectivity index (χ1v) is 5.61. The van der Waals surface area contributed by atoms with E-state index in [4.69, 9.17) is 10.5 Å². The van der Waals surface area contributed by atoms with Gasteiger partial charge in [-0.1, -0.05) is 24.3 Å². The largest absolute Gasteiger partial charge is 0.384 e. The van der Waals surface area contributed by atoms with Gasteiger partial charge in [-0.2, -0.15) is 5.10 Å². The van der Waals surface area contributed by atoms with E-state index < -0.39 is 0 Å². The SMILES string of the molecule is COC(C)Cc1cccc(-c2cn[nH]c2N)c1. The Bertz CT molecular complexity index is 493. The minimum absolute atomic E-state index is 0.215. The summed E-state index contributed by atoms with van der Waals surface area (Å²) >= 11 is 0. The maximum Gasteiger partial charge on any atom is 0.126 e. The molecule has 0 amide bonds. The molecule has 0 saturated heterocycles. The molecule has 4 nitrogen and oxygen atoms in total. The Hall–Kier alpha value is -1.81. The number of hydrogen-bond acceptors (Lipinski definition) is 3. The Morgan fingerprint density at radius 1 is 1.47 bits per heavy atom. The van der Waals surface area contributed by atoms with Crippen LogP contribution in [0.5, 0.6) is 0 Å². The molecule has 2 rings (SSSR count). The zero-order valence-electron chi connectivity index (χ0n) is 10.1. The van der Waals surface area contributed by atoms with Crippen LogP contribution in [0.2, 0.25) is 0 Å². The van der Waals surface area contributed by atoms with E-state index in [1.54, 1.807) is 13.3 Å². The summed E-state index contributed by atoms with van der Waals surface area (Å²) in [5.41, 5.74) is 9.06. The first kappa shape index (κ1) is 11.7. The molecule has 2 aromatic rings. The van der Waals surface area contributed by atoms with Crippen LogP contribution in [0.4, 0.5) is 5.82 Å². The van der Waals surface area contributed by atoms with Crippen molar-refractivity contribution in [1.29, 1.82) is 0 Å². The lowest BCUT2D eigenvalue weighted by Crippen LogP contribution is -2.08. The van der Waals surface area contributed by atoms with Gasteiger partial charge in [0.1, 0.15) is 5.82 Å². The molecule has 0 aliphatic carbocycles. The molecule has 0 aliphatic rings. The molecular weight excluding hydrogens is 214 g/mol. The minimum Gasteiger partial charge on any atom is -0.384 e. The monoisotopic (exact) mass is 231 g/mol. The Balaban J connectivity index is 2.26. The number of hydrogen-bond donors (Lipinski definition) is 2. The Kier molecular flexibility index (Phi) is 3.44. The van der Waals surface area contributed by atoms with E-state index in [2.05, 4.69) is 29.3 Å². The standard InChI is InChI=1S/C13H17N3O/c1-9(17-2)6-10-4-3-5-11(7-10)12-8-15-16-13(12)14/h3-5,7-9H,6H2,1-2H3,(H3,14,15,16). The third kappa shape index (κ3) is 2.65. The lowest BCUT2D eigenvalue weighted by atomic mass is 10.0. The number of nitrogens with two attached hydrogens (primary N) is 1. The highest BCUT2D eigenvalue weighted by molar-refractivity contribution is 5.73. The van der Waals surface area contributed by atoms with Gasteiger partial charge in [0.15, 0.2) is 0 Å². The van der Waals surface area contributed by atoms with Crippen molar-refractivity contribution in [3.8, 4) is 11.1 Å². The first-order valence-electron chi connectivity index (χ1n) is 5.61. The lowest BCUT2D eigenvalue weighted by Gasteiger charge is -2.10. The molecule has 90 valence electrons. The molecule has 0 fully saturated rings. The van der Waals surface area contributed by atoms with E-state index in [1.165, 1.54) is 5.56 Å². The molecule has 17 heavy (non-hydrogen) atoms. The normalized spacial score (nSPS) is 12.6. The predicted octanol–water partition coefficient (Wildman–Crippen LogP) is 2.24. The highest BCUT2D eigenvalue weighted by Crippen LogP contribution is 2.24. The maximum absolute atomic E-state index is 5.81. The number of aromatic amines is 1. The molecule has 0 radical (unpaired) electrons. The van der Waals surface area contributed by atoms with Crippen LogP contribution in [-0.4, -0.2) is 23.4 Å². The lowest BCUT2D eigenvalue weighted by molar-refractivity contribution is 0.119. The summed E-state index contributed by atoms with van der Waals surface area (Å²) in [5, 5.41) is 6.67. The number of benzene rings is 1. The molecular formula is C13H17N3O. The number of anilines is 1. The first-order chi connectivity index (χ1) is 8.20. The quantitative estimate of drug-likeness (QED) is 0.848. The summed E-state index contributed by atoms with van der Waals surface area (Å²) in [6.07, 6.45) is 2.85. The fraction of sp³-hybridized carbons (Fsp3) is 0.308. The number of nitrogen functional groups attached to an aromatic ring is 1. The van der Waals surface area contributed by atoms with Gasteiger partial charge >= 0.3 is 0 Å². The van der Waals surface area contributed by atoms with E-state index >= 15 is 0 Å². The molecule has 1 unspecified atom stereocenters. The Labute approximate surface area is 101 Å². The van der Waals surface area contributed by atoms with Crippen molar-refractivity contribution >= 4 is 5.82 Å². The fourth-order valence-corrected chi connectivity index (χ4v) is 1.81. The van der Waals surface area contributed by atoms with Crippen LogP contribution in [0.1, 0.15) is 12.5 Å². The van der Waals surface area contributed by atoms with E-state index in [0.29, 0.717) is 5.82 Å². The van der Waals surface area contributed by atoms with Crippen LogP contribution < -0.4 is 5.73 Å². The van der Waals surface area contributed by atoms with Crippen LogP contribution in [0, 0.1) is 0 Å². The number of nitrogens with one attached hydrogen (secondary N) is 1. The van der Waals surface area contributed by atoms with E-state index in [9.17, 15) is 0 Å².